The molecule has 0 radical (unpaired) electrons. The Kier molecular flexibility index (Phi) is 2.76. The Labute approximate surface area is 122 Å². The summed E-state index contributed by atoms with van der Waals surface area (Å²) in [5.74, 6) is 1.03. The van der Waals surface area contributed by atoms with Crippen LogP contribution in [0, 0.1) is 0 Å². The van der Waals surface area contributed by atoms with Gasteiger partial charge in [-0.05, 0) is 44.6 Å². The molecule has 1 saturated heterocycles. The maximum absolute atomic E-state index is 10.2. The number of thiophene rings is 1. The summed E-state index contributed by atoms with van der Waals surface area (Å²) in [6.45, 7) is 3.46. The van der Waals surface area contributed by atoms with Gasteiger partial charge in [0, 0.05) is 18.0 Å². The van der Waals surface area contributed by atoms with Crippen molar-refractivity contribution in [3.63, 3.8) is 0 Å². The molecular weight excluding hydrogens is 270 g/mol. The van der Waals surface area contributed by atoms with E-state index in [0.29, 0.717) is 6.54 Å². The Bertz CT molecular complexity index is 664. The minimum atomic E-state index is -0.590. The average molecular weight is 289 g/mol. The van der Waals surface area contributed by atoms with E-state index in [1.54, 1.807) is 6.33 Å². The number of rotatable bonds is 1. The molecule has 0 amide bonds. The number of anilines is 1. The number of hydrogen-bond acceptors (Lipinski definition) is 5. The number of aliphatic hydroxyl groups is 1. The predicted molar refractivity (Wildman–Crippen MR) is 81.5 cm³/mol. The molecule has 1 N–H and O–H groups in total. The Hall–Kier alpha value is -1.20. The number of fused-ring (bicyclic) bond motifs is 3. The van der Waals surface area contributed by atoms with E-state index in [0.717, 1.165) is 30.0 Å². The van der Waals surface area contributed by atoms with E-state index in [4.69, 9.17) is 0 Å². The molecule has 2 aliphatic rings. The van der Waals surface area contributed by atoms with Crippen molar-refractivity contribution >= 4 is 27.4 Å². The molecule has 0 bridgehead atoms. The largest absolute Gasteiger partial charge is 0.388 e. The molecule has 4 rings (SSSR count). The molecule has 0 saturated carbocycles. The lowest BCUT2D eigenvalue weighted by molar-refractivity contribution is 0.0839. The topological polar surface area (TPSA) is 49.2 Å². The number of aryl methyl sites for hydroxylation is 2. The minimum Gasteiger partial charge on any atom is -0.388 e. The van der Waals surface area contributed by atoms with Gasteiger partial charge < -0.3 is 10.0 Å². The summed E-state index contributed by atoms with van der Waals surface area (Å²) < 4.78 is 0. The highest BCUT2D eigenvalue weighted by atomic mass is 32.1. The van der Waals surface area contributed by atoms with Gasteiger partial charge in [0.15, 0.2) is 0 Å². The molecule has 1 aliphatic heterocycles. The number of aromatic nitrogens is 2. The summed E-state index contributed by atoms with van der Waals surface area (Å²) in [5.41, 5.74) is 0.881. The van der Waals surface area contributed by atoms with Crippen molar-refractivity contribution in [2.24, 2.45) is 0 Å². The Morgan fingerprint density at radius 2 is 2.15 bits per heavy atom. The zero-order valence-electron chi connectivity index (χ0n) is 11.7. The van der Waals surface area contributed by atoms with Crippen molar-refractivity contribution in [2.75, 3.05) is 18.0 Å². The van der Waals surface area contributed by atoms with Gasteiger partial charge in [0.05, 0.1) is 11.0 Å². The van der Waals surface area contributed by atoms with Crippen LogP contribution in [-0.4, -0.2) is 33.8 Å². The van der Waals surface area contributed by atoms with Crippen molar-refractivity contribution in [3.05, 3.63) is 16.8 Å². The lowest BCUT2D eigenvalue weighted by Crippen LogP contribution is -2.30. The van der Waals surface area contributed by atoms with Crippen LogP contribution in [0.5, 0.6) is 0 Å². The van der Waals surface area contributed by atoms with Gasteiger partial charge in [-0.1, -0.05) is 0 Å². The van der Waals surface area contributed by atoms with Crippen molar-refractivity contribution in [1.29, 1.82) is 0 Å². The van der Waals surface area contributed by atoms with Crippen LogP contribution in [0.15, 0.2) is 6.33 Å². The van der Waals surface area contributed by atoms with E-state index in [1.165, 1.54) is 35.1 Å². The highest BCUT2D eigenvalue weighted by Crippen LogP contribution is 2.40. The third-order valence-corrected chi connectivity index (χ3v) is 5.68. The quantitative estimate of drug-likeness (QED) is 0.876. The summed E-state index contributed by atoms with van der Waals surface area (Å²) in [5, 5.41) is 11.5. The van der Waals surface area contributed by atoms with Gasteiger partial charge in [-0.25, -0.2) is 9.97 Å². The second-order valence-electron chi connectivity index (χ2n) is 6.26. The molecule has 0 aromatic carbocycles. The second kappa shape index (κ2) is 4.40. The summed E-state index contributed by atoms with van der Waals surface area (Å²) in [4.78, 5) is 13.9. The summed E-state index contributed by atoms with van der Waals surface area (Å²) in [7, 11) is 0. The van der Waals surface area contributed by atoms with Crippen LogP contribution in [0.3, 0.4) is 0 Å². The minimum absolute atomic E-state index is 0.590. The third kappa shape index (κ3) is 1.91. The summed E-state index contributed by atoms with van der Waals surface area (Å²) in [6.07, 6.45) is 7.39. The molecule has 1 fully saturated rings. The zero-order chi connectivity index (χ0) is 13.7. The first-order valence-corrected chi connectivity index (χ1v) is 8.18. The number of hydrogen-bond donors (Lipinski definition) is 1. The van der Waals surface area contributed by atoms with Crippen LogP contribution >= 0.6 is 11.3 Å². The van der Waals surface area contributed by atoms with Crippen molar-refractivity contribution in [2.45, 2.75) is 44.6 Å². The van der Waals surface area contributed by atoms with Crippen LogP contribution in [0.1, 0.15) is 36.6 Å². The molecule has 2 aromatic rings. The van der Waals surface area contributed by atoms with Gasteiger partial charge >= 0.3 is 0 Å². The van der Waals surface area contributed by atoms with Crippen LogP contribution in [0.25, 0.3) is 10.2 Å². The normalized spacial score (nSPS) is 26.2. The molecule has 0 spiro atoms. The van der Waals surface area contributed by atoms with Gasteiger partial charge in [0.2, 0.25) is 0 Å². The van der Waals surface area contributed by atoms with Gasteiger partial charge in [-0.15, -0.1) is 11.3 Å². The van der Waals surface area contributed by atoms with Crippen LogP contribution in [0.2, 0.25) is 0 Å². The fourth-order valence-electron chi connectivity index (χ4n) is 3.44. The highest BCUT2D eigenvalue weighted by Gasteiger charge is 2.33. The van der Waals surface area contributed by atoms with E-state index < -0.39 is 5.60 Å². The summed E-state index contributed by atoms with van der Waals surface area (Å²) >= 11 is 1.83. The smallest absolute Gasteiger partial charge is 0.141 e. The van der Waals surface area contributed by atoms with E-state index >= 15 is 0 Å². The maximum atomic E-state index is 10.2. The second-order valence-corrected chi connectivity index (χ2v) is 7.34. The standard InChI is InChI=1S/C15H19N3OS/c1-15(19)6-7-18(8-15)13-12-10-4-2-3-5-11(10)20-14(12)17-9-16-13/h9,19H,2-8H2,1H3. The maximum Gasteiger partial charge on any atom is 0.141 e. The SMILES string of the molecule is CC1(O)CCN(c2ncnc3sc4c(c23)CCCC4)C1. The van der Waals surface area contributed by atoms with E-state index in [2.05, 4.69) is 14.9 Å². The lowest BCUT2D eigenvalue weighted by Gasteiger charge is -2.21. The first-order valence-electron chi connectivity index (χ1n) is 7.37. The number of β-amino-alcohol motifs (C(OH)–C–C–N with tert-alkyl or cyclic N) is 1. The van der Waals surface area contributed by atoms with Gasteiger partial charge in [0.25, 0.3) is 0 Å². The molecule has 5 heteroatoms. The molecule has 106 valence electrons. The monoisotopic (exact) mass is 289 g/mol. The Morgan fingerprint density at radius 3 is 2.95 bits per heavy atom. The van der Waals surface area contributed by atoms with Gasteiger partial charge in [-0.3, -0.25) is 0 Å². The molecule has 1 aliphatic carbocycles. The lowest BCUT2D eigenvalue weighted by atomic mass is 9.97. The van der Waals surface area contributed by atoms with E-state index in [9.17, 15) is 5.11 Å². The van der Waals surface area contributed by atoms with Crippen molar-refractivity contribution < 1.29 is 5.11 Å². The highest BCUT2D eigenvalue weighted by molar-refractivity contribution is 7.19. The average Bonchev–Trinajstić information content (AvgIpc) is 2.98. The molecule has 3 heterocycles. The predicted octanol–water partition coefficient (Wildman–Crippen LogP) is 2.53. The van der Waals surface area contributed by atoms with Crippen LogP contribution in [-0.2, 0) is 12.8 Å². The van der Waals surface area contributed by atoms with Crippen molar-refractivity contribution in [1.82, 2.24) is 9.97 Å². The van der Waals surface area contributed by atoms with Crippen LogP contribution in [0.4, 0.5) is 5.82 Å². The third-order valence-electron chi connectivity index (χ3n) is 4.48. The fourth-order valence-corrected chi connectivity index (χ4v) is 4.66. The summed E-state index contributed by atoms with van der Waals surface area (Å²) in [6, 6.07) is 0. The van der Waals surface area contributed by atoms with Gasteiger partial charge in [-0.2, -0.15) is 0 Å². The Morgan fingerprint density at radius 1 is 1.30 bits per heavy atom. The van der Waals surface area contributed by atoms with Crippen molar-refractivity contribution in [3.8, 4) is 0 Å². The Balaban J connectivity index is 1.85. The zero-order valence-corrected chi connectivity index (χ0v) is 12.5. The number of nitrogens with zero attached hydrogens (tertiary/aromatic N) is 3. The molecular formula is C15H19N3OS. The van der Waals surface area contributed by atoms with E-state index in [1.807, 2.05) is 18.3 Å². The molecule has 1 unspecified atom stereocenters. The molecule has 2 aromatic heterocycles. The van der Waals surface area contributed by atoms with Gasteiger partial charge in [0.1, 0.15) is 17.0 Å². The van der Waals surface area contributed by atoms with Crippen LogP contribution < -0.4 is 4.90 Å². The van der Waals surface area contributed by atoms with E-state index in [-0.39, 0.29) is 0 Å². The fraction of sp³-hybridized carbons (Fsp3) is 0.600. The first kappa shape index (κ1) is 12.5. The first-order chi connectivity index (χ1) is 9.64. The molecule has 1 atom stereocenters. The molecule has 20 heavy (non-hydrogen) atoms. The molecule has 4 nitrogen and oxygen atoms in total.